The highest BCUT2D eigenvalue weighted by Crippen LogP contribution is 2.03. The minimum Gasteiger partial charge on any atom is -0.308 e. The smallest absolute Gasteiger partial charge is 0.0534 e. The molecule has 0 aliphatic carbocycles. The van der Waals surface area contributed by atoms with E-state index in [0.717, 1.165) is 19.5 Å². The zero-order valence-electron chi connectivity index (χ0n) is 9.67. The molecule has 1 aromatic heterocycles. The van der Waals surface area contributed by atoms with Crippen LogP contribution in [0.15, 0.2) is 12.4 Å². The van der Waals surface area contributed by atoms with Gasteiger partial charge >= 0.3 is 0 Å². The normalized spacial score (nSPS) is 12.0. The average molecular weight is 195 g/mol. The molecule has 0 unspecified atom stereocenters. The van der Waals surface area contributed by atoms with E-state index < -0.39 is 0 Å². The van der Waals surface area contributed by atoms with Crippen molar-refractivity contribution in [2.24, 2.45) is 0 Å². The van der Waals surface area contributed by atoms with E-state index in [1.807, 2.05) is 10.9 Å². The Morgan fingerprint density at radius 1 is 1.43 bits per heavy atom. The van der Waals surface area contributed by atoms with Crippen LogP contribution in [-0.2, 0) is 13.1 Å². The first-order valence-corrected chi connectivity index (χ1v) is 5.27. The van der Waals surface area contributed by atoms with Crippen molar-refractivity contribution in [3.05, 3.63) is 18.0 Å². The van der Waals surface area contributed by atoms with E-state index >= 15 is 0 Å². The summed E-state index contributed by atoms with van der Waals surface area (Å²) in [6.07, 6.45) is 5.18. The molecular formula is C11H21N3. The fraction of sp³-hybridized carbons (Fsp3) is 0.727. The van der Waals surface area contributed by atoms with Crippen LogP contribution in [-0.4, -0.2) is 15.3 Å². The van der Waals surface area contributed by atoms with E-state index in [1.165, 1.54) is 5.56 Å². The summed E-state index contributed by atoms with van der Waals surface area (Å²) < 4.78 is 2.00. The third kappa shape index (κ3) is 3.92. The molecule has 0 fully saturated rings. The van der Waals surface area contributed by atoms with Crippen molar-refractivity contribution in [3.8, 4) is 0 Å². The molecule has 0 atom stereocenters. The predicted molar refractivity (Wildman–Crippen MR) is 59.1 cm³/mol. The molecule has 80 valence electrons. The zero-order chi connectivity index (χ0) is 10.6. The van der Waals surface area contributed by atoms with Gasteiger partial charge in [-0.05, 0) is 27.2 Å². The van der Waals surface area contributed by atoms with Gasteiger partial charge in [-0.15, -0.1) is 0 Å². The minimum atomic E-state index is 0.173. The highest BCUT2D eigenvalue weighted by atomic mass is 15.3. The number of nitrogens with one attached hydrogen (secondary N) is 1. The zero-order valence-corrected chi connectivity index (χ0v) is 9.67. The third-order valence-corrected chi connectivity index (χ3v) is 1.96. The summed E-state index contributed by atoms with van der Waals surface area (Å²) in [4.78, 5) is 0. The molecule has 0 aromatic carbocycles. The number of hydrogen-bond acceptors (Lipinski definition) is 2. The second-order valence-corrected chi connectivity index (χ2v) is 4.72. The van der Waals surface area contributed by atoms with Crippen LogP contribution in [0.1, 0.15) is 39.7 Å². The summed E-state index contributed by atoms with van der Waals surface area (Å²) in [5, 5.41) is 7.72. The Balaban J connectivity index is 2.44. The Morgan fingerprint density at radius 2 is 2.14 bits per heavy atom. The van der Waals surface area contributed by atoms with Gasteiger partial charge in [0.1, 0.15) is 0 Å². The Bertz CT molecular complexity index is 270. The van der Waals surface area contributed by atoms with Crippen molar-refractivity contribution in [1.29, 1.82) is 0 Å². The van der Waals surface area contributed by atoms with E-state index in [-0.39, 0.29) is 5.54 Å². The van der Waals surface area contributed by atoms with Gasteiger partial charge in [0.15, 0.2) is 0 Å². The molecule has 3 heteroatoms. The van der Waals surface area contributed by atoms with Crippen molar-refractivity contribution in [2.45, 2.75) is 52.7 Å². The second-order valence-electron chi connectivity index (χ2n) is 4.72. The van der Waals surface area contributed by atoms with Crippen molar-refractivity contribution >= 4 is 0 Å². The van der Waals surface area contributed by atoms with Crippen molar-refractivity contribution < 1.29 is 0 Å². The standard InChI is InChI=1S/C11H21N3/c1-5-6-14-9-10(8-13-14)7-12-11(2,3)4/h8-9,12H,5-7H2,1-4H3. The maximum atomic E-state index is 4.28. The van der Waals surface area contributed by atoms with Gasteiger partial charge in [-0.1, -0.05) is 6.92 Å². The molecule has 0 bridgehead atoms. The summed E-state index contributed by atoms with van der Waals surface area (Å²) in [6.45, 7) is 10.6. The van der Waals surface area contributed by atoms with Crippen LogP contribution in [0.5, 0.6) is 0 Å². The van der Waals surface area contributed by atoms with Crippen LogP contribution in [0.2, 0.25) is 0 Å². The molecule has 1 N–H and O–H groups in total. The molecule has 1 aromatic rings. The van der Waals surface area contributed by atoms with Crippen LogP contribution < -0.4 is 5.32 Å². The Hall–Kier alpha value is -0.830. The molecule has 0 aliphatic heterocycles. The lowest BCUT2D eigenvalue weighted by molar-refractivity contribution is 0.424. The highest BCUT2D eigenvalue weighted by molar-refractivity contribution is 5.03. The van der Waals surface area contributed by atoms with E-state index in [1.54, 1.807) is 0 Å². The lowest BCUT2D eigenvalue weighted by Gasteiger charge is -2.19. The molecular weight excluding hydrogens is 174 g/mol. The summed E-state index contributed by atoms with van der Waals surface area (Å²) in [7, 11) is 0. The molecule has 0 amide bonds. The molecule has 1 rings (SSSR count). The maximum absolute atomic E-state index is 4.28. The van der Waals surface area contributed by atoms with Gasteiger partial charge in [-0.3, -0.25) is 4.68 Å². The first-order valence-electron chi connectivity index (χ1n) is 5.27. The predicted octanol–water partition coefficient (Wildman–Crippen LogP) is 2.18. The molecule has 1 heterocycles. The average Bonchev–Trinajstić information content (AvgIpc) is 2.49. The van der Waals surface area contributed by atoms with Gasteiger partial charge in [-0.25, -0.2) is 0 Å². The largest absolute Gasteiger partial charge is 0.308 e. The number of aromatic nitrogens is 2. The second kappa shape index (κ2) is 4.60. The van der Waals surface area contributed by atoms with Crippen molar-refractivity contribution in [2.75, 3.05) is 0 Å². The molecule has 0 saturated heterocycles. The van der Waals surface area contributed by atoms with Crippen LogP contribution >= 0.6 is 0 Å². The number of aryl methyl sites for hydroxylation is 1. The molecule has 0 radical (unpaired) electrons. The van der Waals surface area contributed by atoms with Gasteiger partial charge in [0.05, 0.1) is 6.20 Å². The van der Waals surface area contributed by atoms with E-state index in [9.17, 15) is 0 Å². The summed E-state index contributed by atoms with van der Waals surface area (Å²) >= 11 is 0. The minimum absolute atomic E-state index is 0.173. The fourth-order valence-electron chi connectivity index (χ4n) is 1.22. The molecule has 14 heavy (non-hydrogen) atoms. The number of nitrogens with zero attached hydrogens (tertiary/aromatic N) is 2. The Labute approximate surface area is 86.5 Å². The van der Waals surface area contributed by atoms with E-state index in [4.69, 9.17) is 0 Å². The Morgan fingerprint density at radius 3 is 2.71 bits per heavy atom. The summed E-state index contributed by atoms with van der Waals surface area (Å²) in [6, 6.07) is 0. The van der Waals surface area contributed by atoms with Crippen LogP contribution in [0.4, 0.5) is 0 Å². The summed E-state index contributed by atoms with van der Waals surface area (Å²) in [5.41, 5.74) is 1.43. The maximum Gasteiger partial charge on any atom is 0.0534 e. The van der Waals surface area contributed by atoms with Gasteiger partial charge in [0.25, 0.3) is 0 Å². The van der Waals surface area contributed by atoms with Gasteiger partial charge in [0.2, 0.25) is 0 Å². The quantitative estimate of drug-likeness (QED) is 0.798. The van der Waals surface area contributed by atoms with Gasteiger partial charge in [0, 0.05) is 30.4 Å². The first kappa shape index (κ1) is 11.2. The molecule has 0 aliphatic rings. The van der Waals surface area contributed by atoms with Crippen LogP contribution in [0.3, 0.4) is 0 Å². The van der Waals surface area contributed by atoms with Crippen LogP contribution in [0.25, 0.3) is 0 Å². The lowest BCUT2D eigenvalue weighted by Crippen LogP contribution is -2.34. The monoisotopic (exact) mass is 195 g/mol. The Kier molecular flexibility index (Phi) is 3.69. The molecule has 0 spiro atoms. The first-order chi connectivity index (χ1) is 6.51. The number of rotatable bonds is 4. The van der Waals surface area contributed by atoms with Crippen LogP contribution in [0, 0.1) is 0 Å². The third-order valence-electron chi connectivity index (χ3n) is 1.96. The topological polar surface area (TPSA) is 29.9 Å². The van der Waals surface area contributed by atoms with E-state index in [2.05, 4.69) is 44.3 Å². The molecule has 3 nitrogen and oxygen atoms in total. The summed E-state index contributed by atoms with van der Waals surface area (Å²) in [5.74, 6) is 0. The van der Waals surface area contributed by atoms with E-state index in [0.29, 0.717) is 0 Å². The fourth-order valence-corrected chi connectivity index (χ4v) is 1.22. The van der Waals surface area contributed by atoms with Crippen molar-refractivity contribution in [3.63, 3.8) is 0 Å². The van der Waals surface area contributed by atoms with Gasteiger partial charge in [-0.2, -0.15) is 5.10 Å². The van der Waals surface area contributed by atoms with Gasteiger partial charge < -0.3 is 5.32 Å². The SMILES string of the molecule is CCCn1cc(CNC(C)(C)C)cn1. The molecule has 0 saturated carbocycles. The van der Waals surface area contributed by atoms with Crippen molar-refractivity contribution in [1.82, 2.24) is 15.1 Å². The lowest BCUT2D eigenvalue weighted by atomic mass is 10.1. The highest BCUT2D eigenvalue weighted by Gasteiger charge is 2.08. The number of hydrogen-bond donors (Lipinski definition) is 1.